The van der Waals surface area contributed by atoms with Crippen LogP contribution in [0.3, 0.4) is 0 Å². The molecule has 0 aromatic heterocycles. The Balaban J connectivity index is 1.86. The predicted molar refractivity (Wildman–Crippen MR) is 81.8 cm³/mol. The van der Waals surface area contributed by atoms with Crippen LogP contribution in [0.4, 0.5) is 0 Å². The third-order valence-electron chi connectivity index (χ3n) is 3.04. The van der Waals surface area contributed by atoms with Crippen molar-refractivity contribution in [1.82, 2.24) is 5.32 Å². The van der Waals surface area contributed by atoms with E-state index in [2.05, 4.69) is 5.32 Å². The first-order valence-electron chi connectivity index (χ1n) is 6.98. The normalized spacial score (nSPS) is 10.1. The van der Waals surface area contributed by atoms with E-state index in [1.54, 1.807) is 30.3 Å². The first kappa shape index (κ1) is 14.9. The van der Waals surface area contributed by atoms with Gasteiger partial charge >= 0.3 is 0 Å². The van der Waals surface area contributed by atoms with E-state index in [1.807, 2.05) is 25.1 Å². The third-order valence-corrected chi connectivity index (χ3v) is 3.04. The van der Waals surface area contributed by atoms with Crippen LogP contribution < -0.4 is 10.1 Å². The van der Waals surface area contributed by atoms with E-state index in [1.165, 1.54) is 0 Å². The minimum absolute atomic E-state index is 0.115. The Labute approximate surface area is 124 Å². The largest absolute Gasteiger partial charge is 0.508 e. The van der Waals surface area contributed by atoms with Gasteiger partial charge in [-0.1, -0.05) is 18.2 Å². The van der Waals surface area contributed by atoms with Gasteiger partial charge in [0.2, 0.25) is 0 Å². The number of hydrogen-bond acceptors (Lipinski definition) is 3. The number of aromatic hydroxyl groups is 1. The van der Waals surface area contributed by atoms with Crippen molar-refractivity contribution >= 4 is 5.91 Å². The molecular weight excluding hydrogens is 266 g/mol. The zero-order chi connectivity index (χ0) is 15.1. The van der Waals surface area contributed by atoms with Gasteiger partial charge in [0, 0.05) is 12.1 Å². The van der Waals surface area contributed by atoms with Crippen molar-refractivity contribution in [3.8, 4) is 11.5 Å². The fraction of sp³-hybridized carbons (Fsp3) is 0.235. The van der Waals surface area contributed by atoms with Crippen molar-refractivity contribution in [2.75, 3.05) is 13.2 Å². The van der Waals surface area contributed by atoms with Gasteiger partial charge in [0.15, 0.2) is 0 Å². The number of hydrogen-bond donors (Lipinski definition) is 2. The van der Waals surface area contributed by atoms with Crippen LogP contribution in [0, 0.1) is 0 Å². The van der Waals surface area contributed by atoms with Crippen LogP contribution in [-0.4, -0.2) is 24.2 Å². The number of phenolic OH excluding ortho intramolecular Hbond substituents is 1. The molecule has 0 saturated heterocycles. The van der Waals surface area contributed by atoms with E-state index in [0.29, 0.717) is 24.5 Å². The Kier molecular flexibility index (Phi) is 5.21. The molecule has 2 N–H and O–H groups in total. The lowest BCUT2D eigenvalue weighted by molar-refractivity contribution is 0.0953. The highest BCUT2D eigenvalue weighted by Gasteiger charge is 2.06. The molecule has 0 aliphatic heterocycles. The minimum atomic E-state index is -0.115. The Morgan fingerprint density at radius 2 is 1.95 bits per heavy atom. The van der Waals surface area contributed by atoms with E-state index in [9.17, 15) is 9.90 Å². The molecule has 0 spiro atoms. The Bertz CT molecular complexity index is 593. The summed E-state index contributed by atoms with van der Waals surface area (Å²) in [5.41, 5.74) is 1.66. The molecule has 2 aromatic carbocycles. The topological polar surface area (TPSA) is 58.6 Å². The second-order valence-corrected chi connectivity index (χ2v) is 4.63. The summed E-state index contributed by atoms with van der Waals surface area (Å²) < 4.78 is 5.38. The van der Waals surface area contributed by atoms with E-state index >= 15 is 0 Å². The molecule has 4 nitrogen and oxygen atoms in total. The molecular formula is C17H19NO3. The van der Waals surface area contributed by atoms with Crippen LogP contribution in [0.15, 0.2) is 48.5 Å². The van der Waals surface area contributed by atoms with Crippen molar-refractivity contribution in [3.05, 3.63) is 59.7 Å². The molecule has 2 rings (SSSR count). The number of carbonyl (C=O) groups is 1. The molecule has 0 aliphatic carbocycles. The van der Waals surface area contributed by atoms with Crippen LogP contribution in [0.5, 0.6) is 11.5 Å². The van der Waals surface area contributed by atoms with E-state index in [4.69, 9.17) is 4.74 Å². The molecule has 1 amide bonds. The standard InChI is InChI=1S/C17H19NO3/c1-2-21-16-5-3-4-14(12-16)17(20)18-11-10-13-6-8-15(19)9-7-13/h3-9,12,19H,2,10-11H2,1H3,(H,18,20). The first-order chi connectivity index (χ1) is 10.2. The lowest BCUT2D eigenvalue weighted by atomic mass is 10.1. The number of nitrogens with one attached hydrogen (secondary N) is 1. The molecule has 0 aliphatic rings. The lowest BCUT2D eigenvalue weighted by Crippen LogP contribution is -2.25. The highest BCUT2D eigenvalue weighted by atomic mass is 16.5. The quantitative estimate of drug-likeness (QED) is 0.858. The number of carbonyl (C=O) groups excluding carboxylic acids is 1. The highest BCUT2D eigenvalue weighted by molar-refractivity contribution is 5.94. The van der Waals surface area contributed by atoms with Crippen LogP contribution in [0.1, 0.15) is 22.8 Å². The number of benzene rings is 2. The molecule has 0 unspecified atom stereocenters. The summed E-state index contributed by atoms with van der Waals surface area (Å²) in [4.78, 5) is 12.0. The van der Waals surface area contributed by atoms with Gasteiger partial charge in [-0.15, -0.1) is 0 Å². The lowest BCUT2D eigenvalue weighted by Gasteiger charge is -2.07. The molecule has 110 valence electrons. The molecule has 0 saturated carbocycles. The summed E-state index contributed by atoms with van der Waals surface area (Å²) in [7, 11) is 0. The average Bonchev–Trinajstić information content (AvgIpc) is 2.50. The SMILES string of the molecule is CCOc1cccc(C(=O)NCCc2ccc(O)cc2)c1. The van der Waals surface area contributed by atoms with Crippen LogP contribution in [-0.2, 0) is 6.42 Å². The van der Waals surface area contributed by atoms with Crippen molar-refractivity contribution in [3.63, 3.8) is 0 Å². The first-order valence-corrected chi connectivity index (χ1v) is 6.98. The number of amides is 1. The van der Waals surface area contributed by atoms with E-state index < -0.39 is 0 Å². The Hall–Kier alpha value is -2.49. The number of ether oxygens (including phenoxy) is 1. The average molecular weight is 285 g/mol. The summed E-state index contributed by atoms with van der Waals surface area (Å²) in [6.45, 7) is 3.03. The Morgan fingerprint density at radius 1 is 1.19 bits per heavy atom. The molecule has 4 heteroatoms. The zero-order valence-corrected chi connectivity index (χ0v) is 12.0. The maximum absolute atomic E-state index is 12.0. The summed E-state index contributed by atoms with van der Waals surface area (Å²) in [6, 6.07) is 14.1. The fourth-order valence-electron chi connectivity index (χ4n) is 1.98. The van der Waals surface area contributed by atoms with Gasteiger partial charge in [-0.2, -0.15) is 0 Å². The summed E-state index contributed by atoms with van der Waals surface area (Å²) in [5.74, 6) is 0.828. The van der Waals surface area contributed by atoms with Gasteiger partial charge in [0.25, 0.3) is 5.91 Å². The summed E-state index contributed by atoms with van der Waals surface area (Å²) >= 11 is 0. The van der Waals surface area contributed by atoms with Crippen molar-refractivity contribution in [2.24, 2.45) is 0 Å². The number of phenols is 1. The van der Waals surface area contributed by atoms with Crippen LogP contribution in [0.25, 0.3) is 0 Å². The van der Waals surface area contributed by atoms with Crippen LogP contribution in [0.2, 0.25) is 0 Å². The van der Waals surface area contributed by atoms with Gasteiger partial charge in [-0.05, 0) is 49.2 Å². The maximum atomic E-state index is 12.0. The third kappa shape index (κ3) is 4.53. The van der Waals surface area contributed by atoms with E-state index in [-0.39, 0.29) is 11.7 Å². The van der Waals surface area contributed by atoms with Crippen molar-refractivity contribution in [2.45, 2.75) is 13.3 Å². The van der Waals surface area contributed by atoms with Gasteiger partial charge < -0.3 is 15.2 Å². The molecule has 0 atom stereocenters. The summed E-state index contributed by atoms with van der Waals surface area (Å²) in [6.07, 6.45) is 0.719. The second kappa shape index (κ2) is 7.33. The zero-order valence-electron chi connectivity index (χ0n) is 12.0. The number of rotatable bonds is 6. The monoisotopic (exact) mass is 285 g/mol. The highest BCUT2D eigenvalue weighted by Crippen LogP contribution is 2.13. The van der Waals surface area contributed by atoms with Gasteiger partial charge in [0.05, 0.1) is 6.61 Å². The molecule has 2 aromatic rings. The van der Waals surface area contributed by atoms with E-state index in [0.717, 1.165) is 12.0 Å². The summed E-state index contributed by atoms with van der Waals surface area (Å²) in [5, 5.41) is 12.1. The predicted octanol–water partition coefficient (Wildman–Crippen LogP) is 2.76. The maximum Gasteiger partial charge on any atom is 0.251 e. The Morgan fingerprint density at radius 3 is 2.67 bits per heavy atom. The molecule has 0 heterocycles. The smallest absolute Gasteiger partial charge is 0.251 e. The molecule has 0 fully saturated rings. The van der Waals surface area contributed by atoms with Gasteiger partial charge in [0.1, 0.15) is 11.5 Å². The molecule has 21 heavy (non-hydrogen) atoms. The van der Waals surface area contributed by atoms with Crippen molar-refractivity contribution in [1.29, 1.82) is 0 Å². The van der Waals surface area contributed by atoms with Crippen molar-refractivity contribution < 1.29 is 14.6 Å². The molecule has 0 bridgehead atoms. The van der Waals surface area contributed by atoms with Gasteiger partial charge in [-0.3, -0.25) is 4.79 Å². The van der Waals surface area contributed by atoms with Gasteiger partial charge in [-0.25, -0.2) is 0 Å². The fourth-order valence-corrected chi connectivity index (χ4v) is 1.98. The second-order valence-electron chi connectivity index (χ2n) is 4.63. The van der Waals surface area contributed by atoms with Crippen LogP contribution >= 0.6 is 0 Å². The minimum Gasteiger partial charge on any atom is -0.508 e. The molecule has 0 radical (unpaired) electrons.